The molecular weight excluding hydrogens is 598 g/mol. The van der Waals surface area contributed by atoms with Gasteiger partial charge < -0.3 is 9.80 Å². The van der Waals surface area contributed by atoms with Gasteiger partial charge >= 0.3 is 0 Å². The Morgan fingerprint density at radius 1 is 0.800 bits per heavy atom. The van der Waals surface area contributed by atoms with Crippen LogP contribution in [0.3, 0.4) is 0 Å². The zero-order valence-corrected chi connectivity index (χ0v) is 22.9. The molecule has 0 saturated heterocycles. The van der Waals surface area contributed by atoms with Crippen molar-refractivity contribution in [1.82, 2.24) is 0 Å². The van der Waals surface area contributed by atoms with Gasteiger partial charge in [0.2, 0.25) is 0 Å². The lowest BCUT2D eigenvalue weighted by atomic mass is 9.87. The van der Waals surface area contributed by atoms with Crippen LogP contribution in [0, 0.1) is 7.14 Å². The largest absolute Gasteiger partial charge is 0.361 e. The highest BCUT2D eigenvalue weighted by Gasteiger charge is 2.43. The molecule has 0 saturated carbocycles. The number of hydrogen-bond acceptors (Lipinski definition) is 3. The van der Waals surface area contributed by atoms with Crippen molar-refractivity contribution < 1.29 is 4.79 Å². The van der Waals surface area contributed by atoms with Crippen LogP contribution in [0.2, 0.25) is 0 Å². The molecule has 2 aliphatic heterocycles. The van der Waals surface area contributed by atoms with Crippen molar-refractivity contribution >= 4 is 62.3 Å². The molecule has 0 fully saturated rings. The Labute approximate surface area is 207 Å². The number of benzene rings is 2. The third-order valence-corrected chi connectivity index (χ3v) is 8.23. The Hall–Kier alpha value is -0.830. The average Bonchev–Trinajstić information content (AvgIpc) is 3.09. The number of nitrogens with zero attached hydrogens (tertiary/aromatic N) is 2. The van der Waals surface area contributed by atoms with Crippen LogP contribution in [-0.4, -0.2) is 31.0 Å². The van der Waals surface area contributed by atoms with Crippen LogP contribution in [-0.2, 0) is 15.6 Å². The number of rotatable bonds is 4. The van der Waals surface area contributed by atoms with Crippen molar-refractivity contribution in [3.8, 4) is 0 Å². The van der Waals surface area contributed by atoms with Crippen LogP contribution in [0.1, 0.15) is 52.7 Å². The average molecular weight is 628 g/mol. The number of carbonyl (C=O) groups excluding carboxylic acids is 1. The van der Waals surface area contributed by atoms with E-state index in [1.54, 1.807) is 0 Å². The van der Waals surface area contributed by atoms with E-state index >= 15 is 0 Å². The van der Waals surface area contributed by atoms with E-state index < -0.39 is 0 Å². The van der Waals surface area contributed by atoms with Crippen molar-refractivity contribution in [3.63, 3.8) is 0 Å². The predicted octanol–water partition coefficient (Wildman–Crippen LogP) is 6.14. The molecule has 2 aliphatic rings. The zero-order chi connectivity index (χ0) is 22.0. The molecule has 0 amide bonds. The van der Waals surface area contributed by atoms with E-state index in [1.165, 1.54) is 29.6 Å². The van der Waals surface area contributed by atoms with Gasteiger partial charge in [-0.15, -0.1) is 0 Å². The summed E-state index contributed by atoms with van der Waals surface area (Å²) in [4.78, 5) is 18.4. The molecular formula is C25H30I2N2O. The highest BCUT2D eigenvalue weighted by Crippen LogP contribution is 2.44. The van der Waals surface area contributed by atoms with E-state index in [9.17, 15) is 4.79 Å². The maximum atomic E-state index is 13.7. The van der Waals surface area contributed by atoms with E-state index in [0.29, 0.717) is 5.78 Å². The minimum absolute atomic E-state index is 0.0514. The van der Waals surface area contributed by atoms with Crippen LogP contribution in [0.5, 0.6) is 0 Å². The van der Waals surface area contributed by atoms with Gasteiger partial charge in [0, 0.05) is 42.4 Å². The molecule has 2 aromatic rings. The first-order chi connectivity index (χ1) is 13.9. The van der Waals surface area contributed by atoms with Crippen LogP contribution in [0.25, 0.3) is 0 Å². The summed E-state index contributed by atoms with van der Waals surface area (Å²) in [7, 11) is 0. The lowest BCUT2D eigenvalue weighted by molar-refractivity contribution is -0.121. The molecule has 0 aliphatic carbocycles. The molecule has 2 aromatic carbocycles. The van der Waals surface area contributed by atoms with Gasteiger partial charge in [0.1, 0.15) is 0 Å². The number of halogens is 2. The Kier molecular flexibility index (Phi) is 5.70. The van der Waals surface area contributed by atoms with Crippen LogP contribution in [0.15, 0.2) is 36.4 Å². The van der Waals surface area contributed by atoms with E-state index in [0.717, 1.165) is 13.1 Å². The topological polar surface area (TPSA) is 23.6 Å². The van der Waals surface area contributed by atoms with Gasteiger partial charge in [-0.3, -0.25) is 4.79 Å². The summed E-state index contributed by atoms with van der Waals surface area (Å²) in [6, 6.07) is 13.0. The second-order valence-corrected chi connectivity index (χ2v) is 12.6. The molecule has 0 radical (unpaired) electrons. The number of ketones is 1. The summed E-state index contributed by atoms with van der Waals surface area (Å²) in [5.41, 5.74) is 5.23. The van der Waals surface area contributed by atoms with E-state index in [1.807, 2.05) is 0 Å². The maximum absolute atomic E-state index is 13.7. The van der Waals surface area contributed by atoms with Crippen molar-refractivity contribution in [2.75, 3.05) is 22.9 Å². The first-order valence-corrected chi connectivity index (χ1v) is 12.8. The van der Waals surface area contributed by atoms with Crippen LogP contribution < -0.4 is 9.80 Å². The van der Waals surface area contributed by atoms with Crippen molar-refractivity contribution in [1.29, 1.82) is 0 Å². The summed E-state index contributed by atoms with van der Waals surface area (Å²) in [5.74, 6) is 0.292. The van der Waals surface area contributed by atoms with Gasteiger partial charge in [-0.25, -0.2) is 0 Å². The molecule has 0 spiro atoms. The Morgan fingerprint density at radius 3 is 1.53 bits per heavy atom. The molecule has 4 rings (SSSR count). The molecule has 3 nitrogen and oxygen atoms in total. The van der Waals surface area contributed by atoms with Gasteiger partial charge in [-0.1, -0.05) is 39.8 Å². The summed E-state index contributed by atoms with van der Waals surface area (Å²) >= 11 is 4.73. The fraction of sp³-hybridized carbons (Fsp3) is 0.480. The highest BCUT2D eigenvalue weighted by molar-refractivity contribution is 14.1. The standard InChI is InChI=1S/C25H30I2N2O/c1-15(28-13-24(3,4)19-9-7-17(26)11-21(19)28)23(30)16(2)29-14-25(5,6)20-10-8-18(27)12-22(20)29/h7-12,15-16H,13-14H2,1-6H3. The number of anilines is 2. The second-order valence-electron chi connectivity index (χ2n) is 10.1. The van der Waals surface area contributed by atoms with Gasteiger partial charge in [-0.2, -0.15) is 0 Å². The SMILES string of the molecule is CC(C(=O)C(C)N1CC(C)(C)c2ccc(I)cc21)N1CC(C)(C)c2ccc(I)cc21. The fourth-order valence-corrected chi connectivity index (χ4v) is 6.12. The number of hydrogen-bond donors (Lipinski definition) is 0. The first-order valence-electron chi connectivity index (χ1n) is 10.6. The number of Topliss-reactive ketones (excluding diaryl/α,β-unsaturated/α-hetero) is 1. The summed E-state index contributed by atoms with van der Waals surface area (Å²) in [5, 5.41) is 0. The minimum Gasteiger partial charge on any atom is -0.361 e. The van der Waals surface area contributed by atoms with Crippen molar-refractivity contribution in [2.45, 2.75) is 64.5 Å². The van der Waals surface area contributed by atoms with Crippen molar-refractivity contribution in [2.24, 2.45) is 0 Å². The summed E-state index contributed by atoms with van der Waals surface area (Å²) < 4.78 is 2.43. The fourth-order valence-electron chi connectivity index (χ4n) is 5.17. The Bertz CT molecular complexity index is 935. The van der Waals surface area contributed by atoms with Crippen molar-refractivity contribution in [3.05, 3.63) is 54.7 Å². The van der Waals surface area contributed by atoms with Gasteiger partial charge in [0.15, 0.2) is 5.78 Å². The molecule has 160 valence electrons. The summed E-state index contributed by atoms with van der Waals surface area (Å²) in [6.07, 6.45) is 0. The van der Waals surface area contributed by atoms with Gasteiger partial charge in [0.25, 0.3) is 0 Å². The molecule has 0 aromatic heterocycles. The van der Waals surface area contributed by atoms with Gasteiger partial charge in [-0.05, 0) is 94.4 Å². The summed E-state index contributed by atoms with van der Waals surface area (Å²) in [6.45, 7) is 15.0. The van der Waals surface area contributed by atoms with E-state index in [2.05, 4.69) is 133 Å². The lowest BCUT2D eigenvalue weighted by Gasteiger charge is -2.34. The number of fused-ring (bicyclic) bond motifs is 2. The van der Waals surface area contributed by atoms with Crippen LogP contribution in [0.4, 0.5) is 11.4 Å². The molecule has 2 unspecified atom stereocenters. The van der Waals surface area contributed by atoms with Crippen LogP contribution >= 0.6 is 45.2 Å². The minimum atomic E-state index is -0.159. The molecule has 2 atom stereocenters. The normalized spacial score (nSPS) is 20.7. The van der Waals surface area contributed by atoms with E-state index in [4.69, 9.17) is 0 Å². The number of carbonyl (C=O) groups is 1. The molecule has 2 heterocycles. The Morgan fingerprint density at radius 2 is 1.17 bits per heavy atom. The molecule has 30 heavy (non-hydrogen) atoms. The third-order valence-electron chi connectivity index (χ3n) is 6.89. The molecule has 0 bridgehead atoms. The molecule has 0 N–H and O–H groups in total. The second kappa shape index (κ2) is 7.64. The monoisotopic (exact) mass is 628 g/mol. The highest BCUT2D eigenvalue weighted by atomic mass is 127. The zero-order valence-electron chi connectivity index (χ0n) is 18.6. The van der Waals surface area contributed by atoms with E-state index in [-0.39, 0.29) is 22.9 Å². The third kappa shape index (κ3) is 3.67. The Balaban J connectivity index is 1.64. The smallest absolute Gasteiger partial charge is 0.176 e. The molecule has 5 heteroatoms. The predicted molar refractivity (Wildman–Crippen MR) is 143 cm³/mol. The lowest BCUT2D eigenvalue weighted by Crippen LogP contribution is -2.50. The quantitative estimate of drug-likeness (QED) is 0.381. The maximum Gasteiger partial charge on any atom is 0.176 e. The van der Waals surface area contributed by atoms with Gasteiger partial charge in [0.05, 0.1) is 12.1 Å². The first kappa shape index (κ1) is 22.4.